The Morgan fingerprint density at radius 1 is 0.952 bits per heavy atom. The van der Waals surface area contributed by atoms with E-state index in [2.05, 4.69) is 24.9 Å². The monoisotopic (exact) mass is 278 g/mol. The van der Waals surface area contributed by atoms with Crippen molar-refractivity contribution in [1.29, 1.82) is 0 Å². The minimum absolute atomic E-state index is 0.707. The zero-order chi connectivity index (χ0) is 15.0. The minimum Gasteiger partial charge on any atom is -0.456 e. The zero-order valence-corrected chi connectivity index (χ0v) is 12.5. The van der Waals surface area contributed by atoms with Crippen LogP contribution in [0.4, 0.5) is 5.69 Å². The fourth-order valence-electron chi connectivity index (χ4n) is 2.38. The third kappa shape index (κ3) is 2.55. The lowest BCUT2D eigenvalue weighted by Gasteiger charge is -2.13. The Kier molecular flexibility index (Phi) is 3.26. The van der Waals surface area contributed by atoms with Crippen LogP contribution in [0.1, 0.15) is 16.8 Å². The van der Waals surface area contributed by atoms with E-state index in [0.29, 0.717) is 5.69 Å². The standard InChI is InChI=1S/C18H18N2O/c1-11-5-4-6-17(13(11)3)21-18-9-12(2)20-16-8-7-14(19)10-15(16)18/h4-10H,19H2,1-3H3. The number of pyridine rings is 1. The normalized spacial score (nSPS) is 10.8. The molecule has 0 fully saturated rings. The summed E-state index contributed by atoms with van der Waals surface area (Å²) in [6.45, 7) is 6.11. The Labute approximate surface area is 124 Å². The molecule has 0 saturated carbocycles. The number of aryl methyl sites for hydroxylation is 2. The summed E-state index contributed by atoms with van der Waals surface area (Å²) in [6.07, 6.45) is 0. The van der Waals surface area contributed by atoms with Crippen LogP contribution in [-0.2, 0) is 0 Å². The Bertz CT molecular complexity index is 825. The van der Waals surface area contributed by atoms with E-state index in [9.17, 15) is 0 Å². The zero-order valence-electron chi connectivity index (χ0n) is 12.5. The topological polar surface area (TPSA) is 48.1 Å². The molecule has 0 amide bonds. The van der Waals surface area contributed by atoms with Gasteiger partial charge in [-0.1, -0.05) is 12.1 Å². The largest absolute Gasteiger partial charge is 0.456 e. The maximum atomic E-state index is 6.14. The van der Waals surface area contributed by atoms with Crippen molar-refractivity contribution in [1.82, 2.24) is 4.98 Å². The van der Waals surface area contributed by atoms with Crippen molar-refractivity contribution in [2.45, 2.75) is 20.8 Å². The SMILES string of the molecule is Cc1cc(Oc2cccc(C)c2C)c2cc(N)ccc2n1. The summed E-state index contributed by atoms with van der Waals surface area (Å²) in [5, 5.41) is 0.932. The summed E-state index contributed by atoms with van der Waals surface area (Å²) in [4.78, 5) is 4.52. The molecule has 0 bridgehead atoms. The first-order chi connectivity index (χ1) is 10.0. The molecule has 3 nitrogen and oxygen atoms in total. The first kappa shape index (κ1) is 13.4. The maximum absolute atomic E-state index is 6.14. The van der Waals surface area contributed by atoms with Crippen molar-refractivity contribution in [3.8, 4) is 11.5 Å². The molecule has 21 heavy (non-hydrogen) atoms. The van der Waals surface area contributed by atoms with Gasteiger partial charge in [-0.25, -0.2) is 0 Å². The van der Waals surface area contributed by atoms with Crippen LogP contribution in [0.15, 0.2) is 42.5 Å². The molecule has 0 saturated heterocycles. The number of ether oxygens (including phenoxy) is 1. The molecule has 1 aromatic heterocycles. The molecule has 3 heteroatoms. The third-order valence-corrected chi connectivity index (χ3v) is 3.70. The smallest absolute Gasteiger partial charge is 0.138 e. The molecule has 0 aliphatic carbocycles. The number of rotatable bonds is 2. The number of nitrogen functional groups attached to an aromatic ring is 1. The quantitative estimate of drug-likeness (QED) is 0.700. The molecule has 0 aliphatic heterocycles. The lowest BCUT2D eigenvalue weighted by Crippen LogP contribution is -1.94. The highest BCUT2D eigenvalue weighted by Crippen LogP contribution is 2.33. The fourth-order valence-corrected chi connectivity index (χ4v) is 2.38. The van der Waals surface area contributed by atoms with E-state index < -0.39 is 0 Å². The predicted octanol–water partition coefficient (Wildman–Crippen LogP) is 4.53. The fraction of sp³-hybridized carbons (Fsp3) is 0.167. The predicted molar refractivity (Wildman–Crippen MR) is 86.9 cm³/mol. The Morgan fingerprint density at radius 3 is 2.57 bits per heavy atom. The van der Waals surface area contributed by atoms with E-state index in [4.69, 9.17) is 10.5 Å². The molecule has 0 aliphatic rings. The molecule has 0 radical (unpaired) electrons. The highest BCUT2D eigenvalue weighted by atomic mass is 16.5. The van der Waals surface area contributed by atoms with Crippen LogP contribution in [0.3, 0.4) is 0 Å². The third-order valence-electron chi connectivity index (χ3n) is 3.70. The second-order valence-corrected chi connectivity index (χ2v) is 5.34. The van der Waals surface area contributed by atoms with Crippen LogP contribution in [0, 0.1) is 20.8 Å². The summed E-state index contributed by atoms with van der Waals surface area (Å²) < 4.78 is 6.14. The molecule has 2 N–H and O–H groups in total. The van der Waals surface area contributed by atoms with E-state index >= 15 is 0 Å². The van der Waals surface area contributed by atoms with Gasteiger partial charge in [0.25, 0.3) is 0 Å². The summed E-state index contributed by atoms with van der Waals surface area (Å²) in [5.74, 6) is 1.66. The molecule has 0 atom stereocenters. The van der Waals surface area contributed by atoms with Crippen LogP contribution >= 0.6 is 0 Å². The molecule has 0 unspecified atom stereocenters. The molecular formula is C18H18N2O. The summed E-state index contributed by atoms with van der Waals surface area (Å²) >= 11 is 0. The van der Waals surface area contributed by atoms with Gasteiger partial charge >= 0.3 is 0 Å². The van der Waals surface area contributed by atoms with Crippen molar-refractivity contribution in [3.05, 3.63) is 59.3 Å². The molecule has 3 aromatic rings. The molecular weight excluding hydrogens is 260 g/mol. The van der Waals surface area contributed by atoms with E-state index in [1.165, 1.54) is 5.56 Å². The lowest BCUT2D eigenvalue weighted by molar-refractivity contribution is 0.483. The van der Waals surface area contributed by atoms with Gasteiger partial charge in [0, 0.05) is 22.8 Å². The second kappa shape index (κ2) is 5.09. The van der Waals surface area contributed by atoms with Crippen LogP contribution < -0.4 is 10.5 Å². The highest BCUT2D eigenvalue weighted by molar-refractivity contribution is 5.88. The lowest BCUT2D eigenvalue weighted by atomic mass is 10.1. The van der Waals surface area contributed by atoms with E-state index in [0.717, 1.165) is 33.7 Å². The van der Waals surface area contributed by atoms with Gasteiger partial charge in [0.2, 0.25) is 0 Å². The average molecular weight is 278 g/mol. The molecule has 0 spiro atoms. The van der Waals surface area contributed by atoms with Crippen molar-refractivity contribution >= 4 is 16.6 Å². The first-order valence-electron chi connectivity index (χ1n) is 6.95. The van der Waals surface area contributed by atoms with Crippen LogP contribution in [0.25, 0.3) is 10.9 Å². The van der Waals surface area contributed by atoms with E-state index in [1.807, 2.05) is 43.3 Å². The van der Waals surface area contributed by atoms with Gasteiger partial charge in [-0.2, -0.15) is 0 Å². The van der Waals surface area contributed by atoms with Crippen molar-refractivity contribution < 1.29 is 4.74 Å². The number of benzene rings is 2. The average Bonchev–Trinajstić information content (AvgIpc) is 2.44. The Balaban J connectivity index is 2.15. The van der Waals surface area contributed by atoms with Gasteiger partial charge in [-0.05, 0) is 56.2 Å². The Morgan fingerprint density at radius 2 is 1.76 bits per heavy atom. The van der Waals surface area contributed by atoms with Crippen LogP contribution in [0.2, 0.25) is 0 Å². The van der Waals surface area contributed by atoms with Crippen LogP contribution in [0.5, 0.6) is 11.5 Å². The van der Waals surface area contributed by atoms with Gasteiger partial charge < -0.3 is 10.5 Å². The number of nitrogens with two attached hydrogens (primary N) is 1. The summed E-state index contributed by atoms with van der Waals surface area (Å²) in [6, 6.07) is 13.7. The van der Waals surface area contributed by atoms with Crippen molar-refractivity contribution in [3.63, 3.8) is 0 Å². The summed E-state index contributed by atoms with van der Waals surface area (Å²) in [7, 11) is 0. The molecule has 3 rings (SSSR count). The minimum atomic E-state index is 0.707. The molecule has 106 valence electrons. The molecule has 1 heterocycles. The van der Waals surface area contributed by atoms with Crippen molar-refractivity contribution in [2.75, 3.05) is 5.73 Å². The van der Waals surface area contributed by atoms with Crippen molar-refractivity contribution in [2.24, 2.45) is 0 Å². The number of hydrogen-bond acceptors (Lipinski definition) is 3. The molecule has 2 aromatic carbocycles. The number of anilines is 1. The van der Waals surface area contributed by atoms with Gasteiger partial charge in [0.1, 0.15) is 11.5 Å². The Hall–Kier alpha value is -2.55. The van der Waals surface area contributed by atoms with Gasteiger partial charge in [0.05, 0.1) is 5.52 Å². The van der Waals surface area contributed by atoms with Gasteiger partial charge in [0.15, 0.2) is 0 Å². The second-order valence-electron chi connectivity index (χ2n) is 5.34. The number of fused-ring (bicyclic) bond motifs is 1. The summed E-state index contributed by atoms with van der Waals surface area (Å²) in [5.41, 5.74) is 10.8. The maximum Gasteiger partial charge on any atom is 0.138 e. The van der Waals surface area contributed by atoms with Gasteiger partial charge in [-0.3, -0.25) is 4.98 Å². The first-order valence-corrected chi connectivity index (χ1v) is 6.95. The van der Waals surface area contributed by atoms with E-state index in [-0.39, 0.29) is 0 Å². The number of aromatic nitrogens is 1. The number of nitrogens with zero attached hydrogens (tertiary/aromatic N) is 1. The van der Waals surface area contributed by atoms with Crippen LogP contribution in [-0.4, -0.2) is 4.98 Å². The highest BCUT2D eigenvalue weighted by Gasteiger charge is 2.09. The van der Waals surface area contributed by atoms with E-state index in [1.54, 1.807) is 0 Å². The number of hydrogen-bond donors (Lipinski definition) is 1. The van der Waals surface area contributed by atoms with Gasteiger partial charge in [-0.15, -0.1) is 0 Å².